The topological polar surface area (TPSA) is 93.3 Å². The minimum absolute atomic E-state index is 0.0839. The van der Waals surface area contributed by atoms with Gasteiger partial charge in [0.15, 0.2) is 11.0 Å². The van der Waals surface area contributed by atoms with Crippen LogP contribution in [0.3, 0.4) is 0 Å². The van der Waals surface area contributed by atoms with Crippen molar-refractivity contribution in [1.29, 1.82) is 0 Å². The van der Waals surface area contributed by atoms with Crippen LogP contribution >= 0.6 is 11.8 Å². The van der Waals surface area contributed by atoms with Gasteiger partial charge in [0, 0.05) is 12.6 Å². The standard InChI is InChI=1S/C19H23N5O3S/c1-13-11-16(22-27-13)21-17(25)12-28-19-20-15-8-5-4-7-14(15)18(26)24(19)10-6-9-23(2)3/h4-5,7-8,11H,6,9-10,12H2,1-3H3,(H,21,22,25). The van der Waals surface area contributed by atoms with E-state index in [1.807, 2.05) is 32.3 Å². The van der Waals surface area contributed by atoms with E-state index in [0.717, 1.165) is 13.0 Å². The molecule has 2 heterocycles. The van der Waals surface area contributed by atoms with Gasteiger partial charge in [-0.2, -0.15) is 0 Å². The molecular weight excluding hydrogens is 378 g/mol. The minimum atomic E-state index is -0.236. The first-order valence-electron chi connectivity index (χ1n) is 8.94. The second-order valence-corrected chi connectivity index (χ2v) is 7.63. The lowest BCUT2D eigenvalue weighted by Gasteiger charge is -2.14. The Morgan fingerprint density at radius 3 is 2.82 bits per heavy atom. The van der Waals surface area contributed by atoms with Gasteiger partial charge in [0.2, 0.25) is 5.91 Å². The van der Waals surface area contributed by atoms with E-state index < -0.39 is 0 Å². The van der Waals surface area contributed by atoms with E-state index in [2.05, 4.69) is 20.4 Å². The summed E-state index contributed by atoms with van der Waals surface area (Å²) < 4.78 is 6.60. The Morgan fingerprint density at radius 1 is 1.32 bits per heavy atom. The SMILES string of the molecule is Cc1cc(NC(=O)CSc2nc3ccccc3c(=O)n2CCCN(C)C)no1. The number of hydrogen-bond donors (Lipinski definition) is 1. The van der Waals surface area contributed by atoms with Crippen LogP contribution in [0.1, 0.15) is 12.2 Å². The molecule has 0 radical (unpaired) electrons. The predicted octanol–water partition coefficient (Wildman–Crippen LogP) is 2.38. The molecule has 0 atom stereocenters. The summed E-state index contributed by atoms with van der Waals surface area (Å²) in [5.74, 6) is 0.872. The number of anilines is 1. The fourth-order valence-corrected chi connectivity index (χ4v) is 3.56. The fraction of sp³-hybridized carbons (Fsp3) is 0.368. The first-order chi connectivity index (χ1) is 13.4. The number of para-hydroxylation sites is 1. The lowest BCUT2D eigenvalue weighted by Crippen LogP contribution is -2.26. The molecule has 1 amide bonds. The zero-order chi connectivity index (χ0) is 20.1. The predicted molar refractivity (Wildman–Crippen MR) is 110 cm³/mol. The van der Waals surface area contributed by atoms with E-state index in [1.165, 1.54) is 11.8 Å². The van der Waals surface area contributed by atoms with Gasteiger partial charge in [0.25, 0.3) is 5.56 Å². The van der Waals surface area contributed by atoms with E-state index >= 15 is 0 Å². The molecule has 9 heteroatoms. The Kier molecular flexibility index (Phi) is 6.48. The molecule has 0 aliphatic carbocycles. The molecule has 3 rings (SSSR count). The zero-order valence-electron chi connectivity index (χ0n) is 16.1. The Bertz CT molecular complexity index is 1030. The number of thioether (sulfide) groups is 1. The number of fused-ring (bicyclic) bond motifs is 1. The van der Waals surface area contributed by atoms with E-state index in [0.29, 0.717) is 34.2 Å². The number of carbonyl (C=O) groups excluding carboxylic acids is 1. The van der Waals surface area contributed by atoms with E-state index in [1.54, 1.807) is 23.6 Å². The largest absolute Gasteiger partial charge is 0.360 e. The molecule has 28 heavy (non-hydrogen) atoms. The highest BCUT2D eigenvalue weighted by molar-refractivity contribution is 7.99. The monoisotopic (exact) mass is 401 g/mol. The number of nitrogens with zero attached hydrogens (tertiary/aromatic N) is 4. The summed E-state index contributed by atoms with van der Waals surface area (Å²) in [5.41, 5.74) is 0.547. The summed E-state index contributed by atoms with van der Waals surface area (Å²) in [6, 6.07) is 8.91. The number of carbonyl (C=O) groups is 1. The van der Waals surface area contributed by atoms with Crippen molar-refractivity contribution < 1.29 is 9.32 Å². The molecule has 0 saturated carbocycles. The van der Waals surface area contributed by atoms with Crippen molar-refractivity contribution in [2.24, 2.45) is 0 Å². The van der Waals surface area contributed by atoms with Gasteiger partial charge in [0.1, 0.15) is 5.76 Å². The molecule has 0 saturated heterocycles. The molecule has 0 aliphatic heterocycles. The molecule has 0 unspecified atom stereocenters. The second kappa shape index (κ2) is 9.03. The third-order valence-corrected chi connectivity index (χ3v) is 5.02. The number of amides is 1. The van der Waals surface area contributed by atoms with Crippen molar-refractivity contribution >= 4 is 34.4 Å². The smallest absolute Gasteiger partial charge is 0.262 e. The molecule has 1 aromatic carbocycles. The minimum Gasteiger partial charge on any atom is -0.360 e. The highest BCUT2D eigenvalue weighted by atomic mass is 32.2. The number of aromatic nitrogens is 3. The van der Waals surface area contributed by atoms with Gasteiger partial charge in [-0.1, -0.05) is 29.1 Å². The van der Waals surface area contributed by atoms with Crippen LogP contribution in [0.4, 0.5) is 5.82 Å². The molecule has 0 fully saturated rings. The second-order valence-electron chi connectivity index (χ2n) is 6.68. The van der Waals surface area contributed by atoms with Gasteiger partial charge in [-0.25, -0.2) is 4.98 Å². The first kappa shape index (κ1) is 20.1. The van der Waals surface area contributed by atoms with Crippen LogP contribution in [-0.2, 0) is 11.3 Å². The molecule has 3 aromatic rings. The lowest BCUT2D eigenvalue weighted by molar-refractivity contribution is -0.113. The van der Waals surface area contributed by atoms with Crippen LogP contribution in [0.25, 0.3) is 10.9 Å². The average Bonchev–Trinajstić information content (AvgIpc) is 3.06. The summed E-state index contributed by atoms with van der Waals surface area (Å²) in [5, 5.41) is 7.54. The normalized spacial score (nSPS) is 11.3. The van der Waals surface area contributed by atoms with E-state index in [9.17, 15) is 9.59 Å². The Morgan fingerprint density at radius 2 is 2.11 bits per heavy atom. The maximum atomic E-state index is 12.9. The van der Waals surface area contributed by atoms with Crippen LogP contribution in [0.15, 0.2) is 44.8 Å². The van der Waals surface area contributed by atoms with Crippen molar-refractivity contribution in [3.05, 3.63) is 46.4 Å². The maximum Gasteiger partial charge on any atom is 0.262 e. The summed E-state index contributed by atoms with van der Waals surface area (Å²) in [7, 11) is 3.99. The van der Waals surface area contributed by atoms with Crippen molar-refractivity contribution in [3.8, 4) is 0 Å². The van der Waals surface area contributed by atoms with Gasteiger partial charge >= 0.3 is 0 Å². The van der Waals surface area contributed by atoms with Crippen LogP contribution in [-0.4, -0.2) is 51.9 Å². The third kappa shape index (κ3) is 4.99. The number of rotatable bonds is 8. The number of hydrogen-bond acceptors (Lipinski definition) is 7. The Balaban J connectivity index is 1.79. The average molecular weight is 401 g/mol. The fourth-order valence-electron chi connectivity index (χ4n) is 2.73. The van der Waals surface area contributed by atoms with E-state index in [-0.39, 0.29) is 17.2 Å². The van der Waals surface area contributed by atoms with Crippen molar-refractivity contribution in [2.75, 3.05) is 31.7 Å². The molecule has 148 valence electrons. The summed E-state index contributed by atoms with van der Waals surface area (Å²) in [6.07, 6.45) is 0.810. The van der Waals surface area contributed by atoms with Crippen LogP contribution in [0.2, 0.25) is 0 Å². The maximum absolute atomic E-state index is 12.9. The van der Waals surface area contributed by atoms with Gasteiger partial charge in [-0.05, 0) is 46.1 Å². The Hall–Kier alpha value is -2.65. The van der Waals surface area contributed by atoms with Gasteiger partial charge in [-0.15, -0.1) is 0 Å². The van der Waals surface area contributed by atoms with Gasteiger partial charge in [0.05, 0.1) is 16.7 Å². The highest BCUT2D eigenvalue weighted by Gasteiger charge is 2.14. The van der Waals surface area contributed by atoms with Crippen molar-refractivity contribution in [2.45, 2.75) is 25.0 Å². The number of nitrogens with one attached hydrogen (secondary N) is 1. The van der Waals surface area contributed by atoms with Gasteiger partial charge < -0.3 is 14.7 Å². The van der Waals surface area contributed by atoms with Crippen molar-refractivity contribution in [1.82, 2.24) is 19.6 Å². The Labute approximate surface area is 166 Å². The molecule has 0 bridgehead atoms. The number of aryl methyl sites for hydroxylation is 1. The molecule has 8 nitrogen and oxygen atoms in total. The molecule has 2 aromatic heterocycles. The van der Waals surface area contributed by atoms with Crippen molar-refractivity contribution in [3.63, 3.8) is 0 Å². The quantitative estimate of drug-likeness (QED) is 0.457. The van der Waals surface area contributed by atoms with Crippen LogP contribution in [0, 0.1) is 6.92 Å². The summed E-state index contributed by atoms with van der Waals surface area (Å²) in [4.78, 5) is 31.8. The van der Waals surface area contributed by atoms with Crippen LogP contribution < -0.4 is 10.9 Å². The zero-order valence-corrected chi connectivity index (χ0v) is 17.0. The molecular formula is C19H23N5O3S. The highest BCUT2D eigenvalue weighted by Crippen LogP contribution is 2.19. The first-order valence-corrected chi connectivity index (χ1v) is 9.93. The molecule has 0 spiro atoms. The molecule has 1 N–H and O–H groups in total. The third-order valence-electron chi connectivity index (χ3n) is 4.04. The molecule has 0 aliphatic rings. The van der Waals surface area contributed by atoms with Crippen LogP contribution in [0.5, 0.6) is 0 Å². The van der Waals surface area contributed by atoms with E-state index in [4.69, 9.17) is 4.52 Å². The summed E-state index contributed by atoms with van der Waals surface area (Å²) in [6.45, 7) is 3.15. The number of benzene rings is 1. The summed E-state index contributed by atoms with van der Waals surface area (Å²) >= 11 is 1.24. The van der Waals surface area contributed by atoms with Gasteiger partial charge in [-0.3, -0.25) is 14.2 Å². The lowest BCUT2D eigenvalue weighted by atomic mass is 10.2.